The fraction of sp³-hybridized carbons (Fsp3) is 0.833. The number of aryl methyl sites for hydroxylation is 1. The van der Waals surface area contributed by atoms with Gasteiger partial charge in [-0.2, -0.15) is 0 Å². The lowest BCUT2D eigenvalue weighted by Crippen LogP contribution is -2.44. The fourth-order valence-electron chi connectivity index (χ4n) is 3.80. The van der Waals surface area contributed by atoms with Gasteiger partial charge in [-0.15, -0.1) is 0 Å². The lowest BCUT2D eigenvalue weighted by molar-refractivity contribution is 0.101. The molecule has 0 aliphatic heterocycles. The van der Waals surface area contributed by atoms with Gasteiger partial charge >= 0.3 is 0 Å². The molecule has 1 N–H and O–H groups in total. The third kappa shape index (κ3) is 3.33. The maximum atomic E-state index is 4.53. The van der Waals surface area contributed by atoms with E-state index in [0.29, 0.717) is 17.5 Å². The van der Waals surface area contributed by atoms with Crippen LogP contribution in [-0.2, 0) is 0 Å². The summed E-state index contributed by atoms with van der Waals surface area (Å²) in [6.07, 6.45) is 7.22. The van der Waals surface area contributed by atoms with Gasteiger partial charge in [-0.05, 0) is 51.0 Å². The van der Waals surface area contributed by atoms with Crippen molar-refractivity contribution in [3.05, 3.63) is 17.7 Å². The number of imidazole rings is 1. The molecule has 0 spiro atoms. The van der Waals surface area contributed by atoms with E-state index in [4.69, 9.17) is 0 Å². The van der Waals surface area contributed by atoms with E-state index in [9.17, 15) is 0 Å². The molecular formula is C18H33N3. The number of hydrogen-bond acceptors (Lipinski definition) is 2. The predicted octanol–water partition coefficient (Wildman–Crippen LogP) is 4.26. The molecule has 1 aliphatic rings. The minimum absolute atomic E-state index is 0.443. The average Bonchev–Trinajstić information content (AvgIpc) is 2.80. The van der Waals surface area contributed by atoms with Crippen LogP contribution in [0.25, 0.3) is 0 Å². The Labute approximate surface area is 130 Å². The highest BCUT2D eigenvalue weighted by atomic mass is 15.1. The van der Waals surface area contributed by atoms with Crippen LogP contribution in [0.1, 0.15) is 70.8 Å². The second-order valence-electron chi connectivity index (χ2n) is 7.41. The van der Waals surface area contributed by atoms with Crippen LogP contribution >= 0.6 is 0 Å². The lowest BCUT2D eigenvalue weighted by Gasteiger charge is -2.44. The van der Waals surface area contributed by atoms with Gasteiger partial charge < -0.3 is 9.88 Å². The fourth-order valence-corrected chi connectivity index (χ4v) is 3.80. The zero-order valence-corrected chi connectivity index (χ0v) is 14.7. The van der Waals surface area contributed by atoms with Gasteiger partial charge in [0, 0.05) is 11.7 Å². The quantitative estimate of drug-likeness (QED) is 0.878. The van der Waals surface area contributed by atoms with Crippen LogP contribution in [0.5, 0.6) is 0 Å². The molecule has 1 aromatic heterocycles. The second kappa shape index (κ2) is 6.51. The van der Waals surface area contributed by atoms with E-state index in [0.717, 1.165) is 12.5 Å². The van der Waals surface area contributed by atoms with Crippen LogP contribution < -0.4 is 5.32 Å². The monoisotopic (exact) mass is 291 g/mol. The van der Waals surface area contributed by atoms with Crippen molar-refractivity contribution in [1.82, 2.24) is 14.9 Å². The van der Waals surface area contributed by atoms with Crippen molar-refractivity contribution in [3.8, 4) is 0 Å². The van der Waals surface area contributed by atoms with Crippen LogP contribution in [0, 0.1) is 25.2 Å². The summed E-state index contributed by atoms with van der Waals surface area (Å²) < 4.78 is 2.43. The number of nitrogens with zero attached hydrogens (tertiary/aromatic N) is 2. The molecule has 21 heavy (non-hydrogen) atoms. The van der Waals surface area contributed by atoms with E-state index in [1.807, 2.05) is 0 Å². The molecule has 0 radical (unpaired) electrons. The van der Waals surface area contributed by atoms with Crippen molar-refractivity contribution in [3.63, 3.8) is 0 Å². The summed E-state index contributed by atoms with van der Waals surface area (Å²) in [6.45, 7) is 14.8. The highest BCUT2D eigenvalue weighted by Gasteiger charge is 2.38. The van der Waals surface area contributed by atoms with Crippen LogP contribution in [0.3, 0.4) is 0 Å². The van der Waals surface area contributed by atoms with Gasteiger partial charge in [0.15, 0.2) is 0 Å². The van der Waals surface area contributed by atoms with Crippen molar-refractivity contribution >= 4 is 0 Å². The van der Waals surface area contributed by atoms with Crippen molar-refractivity contribution < 1.29 is 0 Å². The van der Waals surface area contributed by atoms with Gasteiger partial charge in [-0.3, -0.25) is 0 Å². The van der Waals surface area contributed by atoms with E-state index >= 15 is 0 Å². The van der Waals surface area contributed by atoms with Gasteiger partial charge in [-0.1, -0.05) is 34.1 Å². The molecule has 0 bridgehead atoms. The Balaban J connectivity index is 2.25. The van der Waals surface area contributed by atoms with Gasteiger partial charge in [0.2, 0.25) is 0 Å². The van der Waals surface area contributed by atoms with E-state index < -0.39 is 0 Å². The van der Waals surface area contributed by atoms with Crippen molar-refractivity contribution in [2.75, 3.05) is 6.54 Å². The average molecular weight is 291 g/mol. The summed E-state index contributed by atoms with van der Waals surface area (Å²) in [5.74, 6) is 0.810. The third-order valence-electron chi connectivity index (χ3n) is 5.94. The number of likely N-dealkylation sites (N-methyl/N-ethyl adjacent to an activating group) is 1. The van der Waals surface area contributed by atoms with Gasteiger partial charge in [-0.25, -0.2) is 4.98 Å². The summed E-state index contributed by atoms with van der Waals surface area (Å²) >= 11 is 0. The third-order valence-corrected chi connectivity index (χ3v) is 5.94. The topological polar surface area (TPSA) is 29.9 Å². The first-order chi connectivity index (χ1) is 9.90. The molecule has 0 saturated heterocycles. The normalized spacial score (nSPS) is 27.0. The summed E-state index contributed by atoms with van der Waals surface area (Å²) in [5.41, 5.74) is 2.94. The Morgan fingerprint density at radius 2 is 2.00 bits per heavy atom. The van der Waals surface area contributed by atoms with E-state index in [1.54, 1.807) is 0 Å². The highest BCUT2D eigenvalue weighted by molar-refractivity contribution is 5.11. The predicted molar refractivity (Wildman–Crippen MR) is 89.6 cm³/mol. The van der Waals surface area contributed by atoms with Crippen molar-refractivity contribution in [2.45, 2.75) is 79.3 Å². The summed E-state index contributed by atoms with van der Waals surface area (Å²) in [5, 5.41) is 3.71. The smallest absolute Gasteiger partial charge is 0.0954 e. The molecule has 3 heteroatoms. The molecule has 1 saturated carbocycles. The molecular weight excluding hydrogens is 258 g/mol. The molecule has 0 aromatic carbocycles. The molecule has 1 aliphatic carbocycles. The van der Waals surface area contributed by atoms with Crippen LogP contribution in [0.15, 0.2) is 6.33 Å². The van der Waals surface area contributed by atoms with Crippen molar-refractivity contribution in [2.24, 2.45) is 11.3 Å². The zero-order chi connectivity index (χ0) is 15.6. The maximum Gasteiger partial charge on any atom is 0.0954 e. The molecule has 3 nitrogen and oxygen atoms in total. The summed E-state index contributed by atoms with van der Waals surface area (Å²) in [7, 11) is 0. The second-order valence-corrected chi connectivity index (χ2v) is 7.41. The molecule has 3 atom stereocenters. The van der Waals surface area contributed by atoms with Gasteiger partial charge in [0.05, 0.1) is 18.1 Å². The standard InChI is InChI=1S/C18H33N3/c1-7-18(5,6)15-9-10-16(19-8-2)17(11-15)21-12-20-13(3)14(21)4/h12,15-17,19H,7-11H2,1-6H3. The lowest BCUT2D eigenvalue weighted by atomic mass is 9.67. The Bertz CT molecular complexity index is 461. The number of rotatable bonds is 5. The highest BCUT2D eigenvalue weighted by Crippen LogP contribution is 2.44. The van der Waals surface area contributed by atoms with E-state index in [-0.39, 0.29) is 0 Å². The van der Waals surface area contributed by atoms with Crippen LogP contribution in [0.4, 0.5) is 0 Å². The Morgan fingerprint density at radius 3 is 2.52 bits per heavy atom. The first-order valence-electron chi connectivity index (χ1n) is 8.64. The minimum atomic E-state index is 0.443. The van der Waals surface area contributed by atoms with Crippen molar-refractivity contribution in [1.29, 1.82) is 0 Å². The molecule has 1 heterocycles. The minimum Gasteiger partial charge on any atom is -0.330 e. The van der Waals surface area contributed by atoms with E-state index in [2.05, 4.69) is 62.7 Å². The molecule has 1 fully saturated rings. The van der Waals surface area contributed by atoms with Gasteiger partial charge in [0.25, 0.3) is 0 Å². The van der Waals surface area contributed by atoms with Crippen LogP contribution in [0.2, 0.25) is 0 Å². The Morgan fingerprint density at radius 1 is 1.29 bits per heavy atom. The first-order valence-corrected chi connectivity index (χ1v) is 8.64. The first kappa shape index (κ1) is 16.5. The SMILES string of the molecule is CCNC1CCC(C(C)(C)CC)CC1n1cnc(C)c1C. The molecule has 0 amide bonds. The Kier molecular flexibility index (Phi) is 5.13. The summed E-state index contributed by atoms with van der Waals surface area (Å²) in [6, 6.07) is 1.14. The zero-order valence-electron chi connectivity index (χ0n) is 14.7. The maximum absolute atomic E-state index is 4.53. The largest absolute Gasteiger partial charge is 0.330 e. The molecule has 3 unspecified atom stereocenters. The summed E-state index contributed by atoms with van der Waals surface area (Å²) in [4.78, 5) is 4.53. The Hall–Kier alpha value is -0.830. The number of hydrogen-bond donors (Lipinski definition) is 1. The number of aromatic nitrogens is 2. The van der Waals surface area contributed by atoms with Gasteiger partial charge in [0.1, 0.15) is 0 Å². The number of nitrogens with one attached hydrogen (secondary N) is 1. The van der Waals surface area contributed by atoms with E-state index in [1.165, 1.54) is 37.1 Å². The van der Waals surface area contributed by atoms with Crippen LogP contribution in [-0.4, -0.2) is 22.1 Å². The molecule has 120 valence electrons. The molecule has 2 rings (SSSR count). The molecule has 1 aromatic rings.